The van der Waals surface area contributed by atoms with Gasteiger partial charge in [0.05, 0.1) is 7.11 Å². The fourth-order valence-electron chi connectivity index (χ4n) is 2.15. The van der Waals surface area contributed by atoms with Crippen LogP contribution in [-0.4, -0.2) is 19.2 Å². The predicted octanol–water partition coefficient (Wildman–Crippen LogP) is 3.15. The molecule has 0 spiro atoms. The number of methoxy groups -OCH3 is 1. The molecule has 3 nitrogen and oxygen atoms in total. The molecular formula is C14H23FN2O. The molecule has 1 atom stereocenters. The van der Waals surface area contributed by atoms with Gasteiger partial charge in [-0.2, -0.15) is 0 Å². The van der Waals surface area contributed by atoms with Gasteiger partial charge < -0.3 is 15.8 Å². The van der Waals surface area contributed by atoms with E-state index in [1.807, 2.05) is 0 Å². The van der Waals surface area contributed by atoms with E-state index in [9.17, 15) is 4.39 Å². The van der Waals surface area contributed by atoms with E-state index in [4.69, 9.17) is 10.5 Å². The molecule has 0 fully saturated rings. The third-order valence-electron chi connectivity index (χ3n) is 3.36. The summed E-state index contributed by atoms with van der Waals surface area (Å²) in [5.41, 5.74) is 6.60. The van der Waals surface area contributed by atoms with Gasteiger partial charge in [-0.3, -0.25) is 0 Å². The summed E-state index contributed by atoms with van der Waals surface area (Å²) in [6.45, 7) is 4.79. The lowest BCUT2D eigenvalue weighted by molar-refractivity contribution is 0.385. The SMILES string of the molecule is CCCC(CC)(CN)Nc1ccc(F)c(OC)c1. The Morgan fingerprint density at radius 1 is 1.39 bits per heavy atom. The zero-order valence-electron chi connectivity index (χ0n) is 11.4. The third kappa shape index (κ3) is 3.35. The largest absolute Gasteiger partial charge is 0.494 e. The molecule has 102 valence electrons. The Morgan fingerprint density at radius 2 is 2.11 bits per heavy atom. The monoisotopic (exact) mass is 254 g/mol. The Hall–Kier alpha value is -1.29. The minimum Gasteiger partial charge on any atom is -0.494 e. The Kier molecular flexibility index (Phi) is 5.41. The highest BCUT2D eigenvalue weighted by Crippen LogP contribution is 2.27. The van der Waals surface area contributed by atoms with E-state index in [0.717, 1.165) is 24.9 Å². The van der Waals surface area contributed by atoms with Gasteiger partial charge in [-0.15, -0.1) is 0 Å². The molecule has 0 aliphatic heterocycles. The Bertz CT molecular complexity index is 378. The average Bonchev–Trinajstić information content (AvgIpc) is 2.40. The summed E-state index contributed by atoms with van der Waals surface area (Å²) in [5.74, 6) is -0.105. The van der Waals surface area contributed by atoms with Gasteiger partial charge in [0, 0.05) is 23.8 Å². The fourth-order valence-corrected chi connectivity index (χ4v) is 2.15. The molecule has 0 radical (unpaired) electrons. The summed E-state index contributed by atoms with van der Waals surface area (Å²) in [4.78, 5) is 0. The van der Waals surface area contributed by atoms with Crippen LogP contribution in [0.25, 0.3) is 0 Å². The van der Waals surface area contributed by atoms with Gasteiger partial charge in [0.15, 0.2) is 11.6 Å². The van der Waals surface area contributed by atoms with E-state index in [1.165, 1.54) is 13.2 Å². The second kappa shape index (κ2) is 6.59. The second-order valence-corrected chi connectivity index (χ2v) is 4.56. The fraction of sp³-hybridized carbons (Fsp3) is 0.571. The Labute approximate surface area is 109 Å². The molecule has 1 aromatic rings. The van der Waals surface area contributed by atoms with Crippen molar-refractivity contribution in [2.75, 3.05) is 19.0 Å². The summed E-state index contributed by atoms with van der Waals surface area (Å²) in [7, 11) is 1.46. The van der Waals surface area contributed by atoms with Gasteiger partial charge in [-0.1, -0.05) is 20.3 Å². The molecule has 1 unspecified atom stereocenters. The van der Waals surface area contributed by atoms with E-state index in [-0.39, 0.29) is 17.1 Å². The van der Waals surface area contributed by atoms with Gasteiger partial charge in [0.25, 0.3) is 0 Å². The van der Waals surface area contributed by atoms with Crippen LogP contribution in [0, 0.1) is 5.82 Å². The van der Waals surface area contributed by atoms with Crippen molar-refractivity contribution < 1.29 is 9.13 Å². The van der Waals surface area contributed by atoms with Crippen molar-refractivity contribution in [2.45, 2.75) is 38.6 Å². The maximum absolute atomic E-state index is 13.3. The number of hydrogen-bond acceptors (Lipinski definition) is 3. The molecule has 0 aromatic heterocycles. The molecule has 3 N–H and O–H groups in total. The van der Waals surface area contributed by atoms with Crippen LogP contribution in [0.3, 0.4) is 0 Å². The molecule has 0 saturated carbocycles. The van der Waals surface area contributed by atoms with Crippen LogP contribution < -0.4 is 15.8 Å². The number of rotatable bonds is 7. The molecular weight excluding hydrogens is 231 g/mol. The van der Waals surface area contributed by atoms with Gasteiger partial charge in [-0.05, 0) is 25.0 Å². The summed E-state index contributed by atoms with van der Waals surface area (Å²) in [6, 6.07) is 4.79. The number of hydrogen-bond donors (Lipinski definition) is 2. The number of nitrogens with two attached hydrogens (primary N) is 1. The summed E-state index contributed by atoms with van der Waals surface area (Å²) < 4.78 is 18.3. The first kappa shape index (κ1) is 14.8. The first-order valence-corrected chi connectivity index (χ1v) is 6.42. The van der Waals surface area contributed by atoms with E-state index >= 15 is 0 Å². The lowest BCUT2D eigenvalue weighted by Gasteiger charge is -2.33. The molecule has 1 rings (SSSR count). The molecule has 18 heavy (non-hydrogen) atoms. The van der Waals surface area contributed by atoms with Crippen LogP contribution in [0.1, 0.15) is 33.1 Å². The second-order valence-electron chi connectivity index (χ2n) is 4.56. The van der Waals surface area contributed by atoms with Gasteiger partial charge in [0.2, 0.25) is 0 Å². The topological polar surface area (TPSA) is 47.3 Å². The van der Waals surface area contributed by atoms with Crippen LogP contribution in [-0.2, 0) is 0 Å². The Morgan fingerprint density at radius 3 is 2.61 bits per heavy atom. The summed E-state index contributed by atoms with van der Waals surface area (Å²) >= 11 is 0. The highest BCUT2D eigenvalue weighted by atomic mass is 19.1. The number of nitrogens with one attached hydrogen (secondary N) is 1. The van der Waals surface area contributed by atoms with Crippen molar-refractivity contribution in [3.8, 4) is 5.75 Å². The smallest absolute Gasteiger partial charge is 0.165 e. The Balaban J connectivity index is 2.93. The molecule has 0 heterocycles. The lowest BCUT2D eigenvalue weighted by atomic mass is 9.90. The van der Waals surface area contributed by atoms with E-state index in [1.54, 1.807) is 12.1 Å². The first-order valence-electron chi connectivity index (χ1n) is 6.42. The van der Waals surface area contributed by atoms with Crippen molar-refractivity contribution in [3.63, 3.8) is 0 Å². The van der Waals surface area contributed by atoms with Crippen LogP contribution in [0.2, 0.25) is 0 Å². The zero-order chi connectivity index (χ0) is 13.6. The maximum Gasteiger partial charge on any atom is 0.165 e. The molecule has 0 aliphatic carbocycles. The molecule has 4 heteroatoms. The molecule has 0 aliphatic rings. The van der Waals surface area contributed by atoms with Crippen molar-refractivity contribution in [2.24, 2.45) is 5.73 Å². The van der Waals surface area contributed by atoms with E-state index < -0.39 is 0 Å². The van der Waals surface area contributed by atoms with Crippen molar-refractivity contribution in [3.05, 3.63) is 24.0 Å². The van der Waals surface area contributed by atoms with Crippen molar-refractivity contribution >= 4 is 5.69 Å². The first-order chi connectivity index (χ1) is 8.60. The maximum atomic E-state index is 13.3. The highest BCUT2D eigenvalue weighted by Gasteiger charge is 2.25. The van der Waals surface area contributed by atoms with Crippen LogP contribution in [0.15, 0.2) is 18.2 Å². The summed E-state index contributed by atoms with van der Waals surface area (Å²) in [6.07, 6.45) is 2.97. The predicted molar refractivity (Wildman–Crippen MR) is 73.6 cm³/mol. The average molecular weight is 254 g/mol. The molecule has 0 bridgehead atoms. The number of anilines is 1. The highest BCUT2D eigenvalue weighted by molar-refractivity contribution is 5.50. The van der Waals surface area contributed by atoms with Crippen LogP contribution >= 0.6 is 0 Å². The minimum atomic E-state index is -0.353. The van der Waals surface area contributed by atoms with Crippen molar-refractivity contribution in [1.29, 1.82) is 0 Å². The molecule has 0 amide bonds. The normalized spacial score (nSPS) is 14.1. The van der Waals surface area contributed by atoms with Crippen LogP contribution in [0.4, 0.5) is 10.1 Å². The molecule has 1 aromatic carbocycles. The van der Waals surface area contributed by atoms with Gasteiger partial charge >= 0.3 is 0 Å². The molecule has 0 saturated heterocycles. The zero-order valence-corrected chi connectivity index (χ0v) is 11.4. The van der Waals surface area contributed by atoms with Gasteiger partial charge in [-0.25, -0.2) is 4.39 Å². The van der Waals surface area contributed by atoms with Crippen molar-refractivity contribution in [1.82, 2.24) is 0 Å². The number of ether oxygens (including phenoxy) is 1. The summed E-state index contributed by atoms with van der Waals surface area (Å²) in [5, 5.41) is 3.42. The lowest BCUT2D eigenvalue weighted by Crippen LogP contribution is -2.44. The third-order valence-corrected chi connectivity index (χ3v) is 3.36. The van der Waals surface area contributed by atoms with Gasteiger partial charge in [0.1, 0.15) is 0 Å². The number of halogens is 1. The van der Waals surface area contributed by atoms with E-state index in [0.29, 0.717) is 6.54 Å². The number of benzene rings is 1. The minimum absolute atomic E-state index is 0.127. The van der Waals surface area contributed by atoms with E-state index in [2.05, 4.69) is 19.2 Å². The standard InChI is InChI=1S/C14H23FN2O/c1-4-8-14(5-2,10-16)17-11-6-7-12(15)13(9-11)18-3/h6-7,9,17H,4-5,8,10,16H2,1-3H3. The van der Waals surface area contributed by atoms with Crippen LogP contribution in [0.5, 0.6) is 5.75 Å². The quantitative estimate of drug-likeness (QED) is 0.785.